The van der Waals surface area contributed by atoms with E-state index in [0.717, 1.165) is 84.3 Å². The number of carbonyl (C=O) groups excluding carboxylic acids is 1. The average Bonchev–Trinajstić information content (AvgIpc) is 2.98. The first-order chi connectivity index (χ1) is 20.0. The highest BCUT2D eigenvalue weighted by Gasteiger charge is 2.26. The SMILES string of the molecule is C=C(N)NCCCNC1CCC(n2cc3c(nc2=O)Nc2cc(C(=O)NCCCN4CCNCC4)ccc2O3)CC1. The summed E-state index contributed by atoms with van der Waals surface area (Å²) in [7, 11) is 0. The maximum atomic E-state index is 13.0. The van der Waals surface area contributed by atoms with Crippen molar-refractivity contribution >= 4 is 17.4 Å². The summed E-state index contributed by atoms with van der Waals surface area (Å²) in [6.07, 6.45) is 7.43. The Kier molecular flexibility index (Phi) is 9.75. The quantitative estimate of drug-likeness (QED) is 0.179. The fourth-order valence-corrected chi connectivity index (χ4v) is 5.72. The number of anilines is 2. The molecular weight excluding hydrogens is 522 g/mol. The molecule has 0 bridgehead atoms. The number of fused-ring (bicyclic) bond motifs is 2. The number of nitrogens with zero attached hydrogens (tertiary/aromatic N) is 3. The van der Waals surface area contributed by atoms with Gasteiger partial charge in [-0.15, -0.1) is 0 Å². The normalized spacial score (nSPS) is 20.2. The van der Waals surface area contributed by atoms with Gasteiger partial charge in [-0.1, -0.05) is 6.58 Å². The Morgan fingerprint density at radius 1 is 1.07 bits per heavy atom. The molecule has 3 heterocycles. The van der Waals surface area contributed by atoms with Crippen LogP contribution in [0.4, 0.5) is 11.5 Å². The van der Waals surface area contributed by atoms with Crippen molar-refractivity contribution in [1.82, 2.24) is 35.7 Å². The number of rotatable bonds is 12. The third-order valence-corrected chi connectivity index (χ3v) is 8.01. The summed E-state index contributed by atoms with van der Waals surface area (Å²) in [5, 5.41) is 16.2. The van der Waals surface area contributed by atoms with Gasteiger partial charge in [0.05, 0.1) is 17.7 Å². The third-order valence-electron chi connectivity index (χ3n) is 8.01. The smallest absolute Gasteiger partial charge is 0.350 e. The zero-order valence-electron chi connectivity index (χ0n) is 23.7. The van der Waals surface area contributed by atoms with E-state index in [-0.39, 0.29) is 17.6 Å². The highest BCUT2D eigenvalue weighted by molar-refractivity contribution is 5.96. The Hall–Kier alpha value is -3.61. The molecule has 1 saturated carbocycles. The van der Waals surface area contributed by atoms with Crippen LogP contribution in [0.2, 0.25) is 0 Å². The molecule has 1 aliphatic carbocycles. The number of nitrogens with two attached hydrogens (primary N) is 1. The number of hydrogen-bond donors (Lipinski definition) is 6. The first-order valence-electron chi connectivity index (χ1n) is 14.8. The molecule has 2 fully saturated rings. The van der Waals surface area contributed by atoms with E-state index in [1.807, 2.05) is 0 Å². The van der Waals surface area contributed by atoms with Crippen molar-refractivity contribution in [3.63, 3.8) is 0 Å². The summed E-state index contributed by atoms with van der Waals surface area (Å²) < 4.78 is 7.83. The number of piperazine rings is 1. The third kappa shape index (κ3) is 7.78. The van der Waals surface area contributed by atoms with Crippen molar-refractivity contribution < 1.29 is 9.53 Å². The molecule has 2 aliphatic heterocycles. The Balaban J connectivity index is 1.11. The Morgan fingerprint density at radius 3 is 2.63 bits per heavy atom. The van der Waals surface area contributed by atoms with Gasteiger partial charge in [0.2, 0.25) is 0 Å². The zero-order valence-corrected chi connectivity index (χ0v) is 23.7. The zero-order chi connectivity index (χ0) is 28.6. The molecule has 0 unspecified atom stereocenters. The highest BCUT2D eigenvalue weighted by Crippen LogP contribution is 2.41. The van der Waals surface area contributed by atoms with Crippen LogP contribution in [-0.4, -0.2) is 78.8 Å². The second kappa shape index (κ2) is 13.8. The summed E-state index contributed by atoms with van der Waals surface area (Å²) in [5.74, 6) is 1.85. The summed E-state index contributed by atoms with van der Waals surface area (Å²) in [6, 6.07) is 5.82. The number of ether oxygens (including phenoxy) is 1. The summed E-state index contributed by atoms with van der Waals surface area (Å²) in [5.41, 5.74) is 6.38. The molecule has 3 aliphatic rings. The minimum atomic E-state index is -0.300. The van der Waals surface area contributed by atoms with E-state index < -0.39 is 0 Å². The molecule has 12 nitrogen and oxygen atoms in total. The summed E-state index contributed by atoms with van der Waals surface area (Å²) in [6.45, 7) is 11.1. The maximum Gasteiger partial charge on any atom is 0.350 e. The molecule has 12 heteroatoms. The van der Waals surface area contributed by atoms with Crippen molar-refractivity contribution in [2.75, 3.05) is 57.7 Å². The van der Waals surface area contributed by atoms with Crippen molar-refractivity contribution in [2.45, 2.75) is 50.6 Å². The van der Waals surface area contributed by atoms with E-state index in [1.165, 1.54) is 0 Å². The minimum absolute atomic E-state index is 0.0863. The molecule has 2 aromatic rings. The van der Waals surface area contributed by atoms with Crippen molar-refractivity contribution in [3.05, 3.63) is 52.8 Å². The van der Waals surface area contributed by atoms with E-state index in [9.17, 15) is 9.59 Å². The summed E-state index contributed by atoms with van der Waals surface area (Å²) in [4.78, 5) is 32.4. The van der Waals surface area contributed by atoms with Crippen LogP contribution < -0.4 is 42.7 Å². The monoisotopic (exact) mass is 565 g/mol. The van der Waals surface area contributed by atoms with Crippen LogP contribution in [0.5, 0.6) is 11.5 Å². The molecule has 1 saturated heterocycles. The number of carbonyl (C=O) groups is 1. The first kappa shape index (κ1) is 28.9. The van der Waals surface area contributed by atoms with Gasteiger partial charge in [0.15, 0.2) is 17.3 Å². The van der Waals surface area contributed by atoms with Gasteiger partial charge in [0, 0.05) is 56.9 Å². The molecule has 1 aromatic carbocycles. The lowest BCUT2D eigenvalue weighted by molar-refractivity contribution is 0.0951. The van der Waals surface area contributed by atoms with Crippen LogP contribution in [0.25, 0.3) is 0 Å². The fraction of sp³-hybridized carbons (Fsp3) is 0.552. The van der Waals surface area contributed by atoms with Gasteiger partial charge in [0.1, 0.15) is 0 Å². The van der Waals surface area contributed by atoms with Crippen LogP contribution in [0.15, 0.2) is 41.6 Å². The molecule has 7 N–H and O–H groups in total. The minimum Gasteiger partial charge on any atom is -0.450 e. The van der Waals surface area contributed by atoms with Crippen molar-refractivity contribution in [3.8, 4) is 11.5 Å². The van der Waals surface area contributed by atoms with E-state index in [1.54, 1.807) is 29.0 Å². The number of nitrogens with one attached hydrogen (secondary N) is 5. The van der Waals surface area contributed by atoms with Crippen LogP contribution >= 0.6 is 0 Å². The molecule has 1 amide bonds. The Labute approximate surface area is 241 Å². The van der Waals surface area contributed by atoms with E-state index in [4.69, 9.17) is 10.5 Å². The largest absolute Gasteiger partial charge is 0.450 e. The molecule has 222 valence electrons. The molecule has 0 atom stereocenters. The van der Waals surface area contributed by atoms with Gasteiger partial charge in [-0.3, -0.25) is 9.36 Å². The Morgan fingerprint density at radius 2 is 1.85 bits per heavy atom. The van der Waals surface area contributed by atoms with Crippen LogP contribution in [0, 0.1) is 0 Å². The van der Waals surface area contributed by atoms with Crippen LogP contribution in [0.1, 0.15) is 54.9 Å². The predicted molar refractivity (Wildman–Crippen MR) is 160 cm³/mol. The van der Waals surface area contributed by atoms with Crippen molar-refractivity contribution in [1.29, 1.82) is 0 Å². The van der Waals surface area contributed by atoms with Gasteiger partial charge in [-0.05, 0) is 69.8 Å². The Bertz CT molecular complexity index is 1270. The van der Waals surface area contributed by atoms with Crippen LogP contribution in [0.3, 0.4) is 0 Å². The van der Waals surface area contributed by atoms with Gasteiger partial charge in [-0.25, -0.2) is 4.79 Å². The lowest BCUT2D eigenvalue weighted by atomic mass is 9.91. The number of hydrogen-bond acceptors (Lipinski definition) is 10. The lowest BCUT2D eigenvalue weighted by Gasteiger charge is -2.31. The number of aromatic nitrogens is 2. The molecule has 0 radical (unpaired) electrons. The molecule has 5 rings (SSSR count). The van der Waals surface area contributed by atoms with E-state index >= 15 is 0 Å². The standard InChI is InChI=1S/C29H43N9O3/c1-20(30)32-10-2-11-33-22-5-7-23(8-6-22)38-19-26-27(36-29(38)40)35-24-18-21(4-9-25(24)41-26)28(39)34-12-3-15-37-16-13-31-14-17-37/h4,9,18-19,22-23,31-33H,1-3,5-8,10-17,30H2,(H,34,39)(H,35,36,40). The van der Waals surface area contributed by atoms with Gasteiger partial charge < -0.3 is 42.0 Å². The second-order valence-electron chi connectivity index (χ2n) is 11.0. The second-order valence-corrected chi connectivity index (χ2v) is 11.0. The summed E-state index contributed by atoms with van der Waals surface area (Å²) >= 11 is 0. The van der Waals surface area contributed by atoms with Crippen LogP contribution in [-0.2, 0) is 0 Å². The van der Waals surface area contributed by atoms with Gasteiger partial charge in [-0.2, -0.15) is 4.98 Å². The van der Waals surface area contributed by atoms with E-state index in [0.29, 0.717) is 47.0 Å². The molecule has 0 spiro atoms. The maximum absolute atomic E-state index is 13.0. The van der Waals surface area contributed by atoms with Gasteiger partial charge in [0.25, 0.3) is 5.91 Å². The fourth-order valence-electron chi connectivity index (χ4n) is 5.72. The predicted octanol–water partition coefficient (Wildman–Crippen LogP) is 1.60. The van der Waals surface area contributed by atoms with E-state index in [2.05, 4.69) is 43.0 Å². The molecule has 1 aromatic heterocycles. The van der Waals surface area contributed by atoms with Gasteiger partial charge >= 0.3 is 5.69 Å². The first-order valence-corrected chi connectivity index (χ1v) is 14.8. The number of benzene rings is 1. The average molecular weight is 566 g/mol. The van der Waals surface area contributed by atoms with Crippen molar-refractivity contribution in [2.24, 2.45) is 5.73 Å². The number of amides is 1. The highest BCUT2D eigenvalue weighted by atomic mass is 16.5. The topological polar surface area (TPSA) is 151 Å². The molecular formula is C29H43N9O3. The molecule has 41 heavy (non-hydrogen) atoms. The lowest BCUT2D eigenvalue weighted by Crippen LogP contribution is -2.44.